The van der Waals surface area contributed by atoms with Crippen LogP contribution in [0.1, 0.15) is 31.7 Å². The number of nitrogens with zero attached hydrogens (tertiary/aromatic N) is 1. The van der Waals surface area contributed by atoms with Gasteiger partial charge in [0.15, 0.2) is 0 Å². The predicted molar refractivity (Wildman–Crippen MR) is 83.6 cm³/mol. The van der Waals surface area contributed by atoms with E-state index in [1.807, 2.05) is 37.3 Å². The number of benzene rings is 1. The number of ether oxygens (including phenoxy) is 2. The number of hydrogen-bond donors (Lipinski definition) is 1. The van der Waals surface area contributed by atoms with E-state index in [0.29, 0.717) is 6.61 Å². The second kappa shape index (κ2) is 8.53. The molecule has 6 heteroatoms. The summed E-state index contributed by atoms with van der Waals surface area (Å²) in [4.78, 5) is 25.5. The molecule has 2 rings (SSSR count). The van der Waals surface area contributed by atoms with E-state index in [0.717, 1.165) is 18.4 Å². The van der Waals surface area contributed by atoms with Crippen molar-refractivity contribution >= 4 is 12.1 Å². The molecule has 0 bridgehead atoms. The van der Waals surface area contributed by atoms with Crippen molar-refractivity contribution in [3.05, 3.63) is 35.9 Å². The summed E-state index contributed by atoms with van der Waals surface area (Å²) in [5.41, 5.74) is 0.864. The molecule has 23 heavy (non-hydrogen) atoms. The van der Waals surface area contributed by atoms with Crippen LogP contribution in [0.2, 0.25) is 0 Å². The molecule has 0 spiro atoms. The van der Waals surface area contributed by atoms with Crippen molar-refractivity contribution in [3.63, 3.8) is 0 Å². The molecule has 1 aromatic carbocycles. The first-order valence-corrected chi connectivity index (χ1v) is 7.93. The zero-order valence-corrected chi connectivity index (χ0v) is 13.3. The molecule has 0 radical (unpaired) electrons. The van der Waals surface area contributed by atoms with E-state index in [1.165, 1.54) is 4.90 Å². The molecule has 1 aliphatic rings. The van der Waals surface area contributed by atoms with Crippen molar-refractivity contribution in [3.8, 4) is 0 Å². The first kappa shape index (κ1) is 17.3. The second-order valence-electron chi connectivity index (χ2n) is 5.62. The summed E-state index contributed by atoms with van der Waals surface area (Å²) in [6.45, 7) is 2.54. The van der Waals surface area contributed by atoms with Crippen LogP contribution >= 0.6 is 0 Å². The molecular weight excluding hydrogens is 298 g/mol. The molecular formula is C17H23NO5. The summed E-state index contributed by atoms with van der Waals surface area (Å²) in [5, 5.41) is 9.77. The van der Waals surface area contributed by atoms with Crippen molar-refractivity contribution in [2.24, 2.45) is 0 Å². The molecule has 1 aliphatic heterocycles. The third-order valence-electron chi connectivity index (χ3n) is 3.73. The topological polar surface area (TPSA) is 76.1 Å². The Kier molecular flexibility index (Phi) is 6.40. The van der Waals surface area contributed by atoms with E-state index in [1.54, 1.807) is 0 Å². The second-order valence-corrected chi connectivity index (χ2v) is 5.62. The van der Waals surface area contributed by atoms with Crippen molar-refractivity contribution in [2.45, 2.75) is 44.9 Å². The number of hydrogen-bond acceptors (Lipinski definition) is 5. The Bertz CT molecular complexity index is 519. The van der Waals surface area contributed by atoms with Crippen LogP contribution in [0.15, 0.2) is 30.3 Å². The van der Waals surface area contributed by atoms with Gasteiger partial charge in [0.2, 0.25) is 0 Å². The highest BCUT2D eigenvalue weighted by Crippen LogP contribution is 2.21. The Labute approximate surface area is 136 Å². The molecule has 1 unspecified atom stereocenters. The van der Waals surface area contributed by atoms with E-state index < -0.39 is 24.2 Å². The van der Waals surface area contributed by atoms with Gasteiger partial charge < -0.3 is 14.6 Å². The van der Waals surface area contributed by atoms with Gasteiger partial charge in [-0.05, 0) is 12.0 Å². The average molecular weight is 321 g/mol. The zero-order valence-electron chi connectivity index (χ0n) is 13.3. The van der Waals surface area contributed by atoms with Gasteiger partial charge in [0.1, 0.15) is 12.6 Å². The molecule has 0 saturated carbocycles. The Hall–Kier alpha value is -2.08. The maximum absolute atomic E-state index is 12.2. The van der Waals surface area contributed by atoms with Crippen molar-refractivity contribution in [2.75, 3.05) is 13.2 Å². The number of carbonyl (C=O) groups excluding carboxylic acids is 2. The summed E-state index contributed by atoms with van der Waals surface area (Å²) < 4.78 is 10.4. The van der Waals surface area contributed by atoms with Crippen molar-refractivity contribution in [1.82, 2.24) is 4.90 Å². The van der Waals surface area contributed by atoms with E-state index in [9.17, 15) is 14.7 Å². The molecule has 1 aromatic rings. The third-order valence-corrected chi connectivity index (χ3v) is 3.73. The Balaban J connectivity index is 1.90. The lowest BCUT2D eigenvalue weighted by Crippen LogP contribution is -2.41. The molecule has 1 amide bonds. The summed E-state index contributed by atoms with van der Waals surface area (Å²) in [6, 6.07) is 8.52. The summed E-state index contributed by atoms with van der Waals surface area (Å²) in [5.74, 6) is -0.480. The Morgan fingerprint density at radius 2 is 2.00 bits per heavy atom. The van der Waals surface area contributed by atoms with Crippen LogP contribution in [-0.2, 0) is 20.9 Å². The predicted octanol–water partition coefficient (Wildman–Crippen LogP) is 2.10. The van der Waals surface area contributed by atoms with Crippen LogP contribution in [0, 0.1) is 0 Å². The van der Waals surface area contributed by atoms with Gasteiger partial charge in [-0.25, -0.2) is 9.59 Å². The highest BCUT2D eigenvalue weighted by molar-refractivity contribution is 5.82. The Morgan fingerprint density at radius 3 is 2.70 bits per heavy atom. The fourth-order valence-electron chi connectivity index (χ4n) is 2.45. The normalized spacial score (nSPS) is 20.3. The van der Waals surface area contributed by atoms with Crippen LogP contribution in [0.4, 0.5) is 4.79 Å². The number of β-amino-alcohol motifs (C(OH)–C–C–N with tert-alkyl or cyclic N) is 1. The lowest BCUT2D eigenvalue weighted by molar-refractivity contribution is -0.148. The minimum Gasteiger partial charge on any atom is -0.464 e. The maximum atomic E-state index is 12.2. The number of unbranched alkanes of at least 4 members (excludes halogenated alkanes) is 1. The standard InChI is InChI=1S/C17H23NO5/c1-2-3-9-22-16(20)15-10-14(19)11-18(15)17(21)23-12-13-7-5-4-6-8-13/h4-8,14-15,19H,2-3,9-12H2,1H3/t14?,15-/m0/s1. The molecule has 2 atom stereocenters. The van der Waals surface area contributed by atoms with E-state index in [-0.39, 0.29) is 19.6 Å². The summed E-state index contributed by atoms with van der Waals surface area (Å²) in [6.07, 6.45) is 0.541. The Morgan fingerprint density at radius 1 is 1.26 bits per heavy atom. The molecule has 0 aliphatic carbocycles. The van der Waals surface area contributed by atoms with Gasteiger partial charge in [0.05, 0.1) is 19.3 Å². The van der Waals surface area contributed by atoms with Crippen molar-refractivity contribution < 1.29 is 24.2 Å². The minimum absolute atomic E-state index is 0.0845. The van der Waals surface area contributed by atoms with Gasteiger partial charge in [-0.15, -0.1) is 0 Å². The van der Waals surface area contributed by atoms with Gasteiger partial charge in [-0.3, -0.25) is 4.90 Å². The molecule has 1 N–H and O–H groups in total. The van der Waals surface area contributed by atoms with Gasteiger partial charge in [0, 0.05) is 6.42 Å². The van der Waals surface area contributed by atoms with Gasteiger partial charge in [0.25, 0.3) is 0 Å². The number of aliphatic hydroxyl groups excluding tert-OH is 1. The fourth-order valence-corrected chi connectivity index (χ4v) is 2.45. The van der Waals surface area contributed by atoms with Gasteiger partial charge in [-0.1, -0.05) is 43.7 Å². The smallest absolute Gasteiger partial charge is 0.410 e. The van der Waals surface area contributed by atoms with Gasteiger partial charge in [-0.2, -0.15) is 0 Å². The van der Waals surface area contributed by atoms with E-state index in [4.69, 9.17) is 9.47 Å². The number of carbonyl (C=O) groups is 2. The number of likely N-dealkylation sites (tertiary alicyclic amines) is 1. The highest BCUT2D eigenvalue weighted by atomic mass is 16.6. The third kappa shape index (κ3) is 4.96. The van der Waals surface area contributed by atoms with Crippen LogP contribution in [0.25, 0.3) is 0 Å². The molecule has 0 aromatic heterocycles. The number of rotatable bonds is 6. The SMILES string of the molecule is CCCCOC(=O)[C@@H]1CC(O)CN1C(=O)OCc1ccccc1. The lowest BCUT2D eigenvalue weighted by atomic mass is 10.2. The molecule has 1 heterocycles. The van der Waals surface area contributed by atoms with E-state index >= 15 is 0 Å². The average Bonchev–Trinajstić information content (AvgIpc) is 2.96. The first-order valence-electron chi connectivity index (χ1n) is 7.93. The van der Waals surface area contributed by atoms with Crippen LogP contribution < -0.4 is 0 Å². The zero-order chi connectivity index (χ0) is 16.7. The largest absolute Gasteiger partial charge is 0.464 e. The lowest BCUT2D eigenvalue weighted by Gasteiger charge is -2.22. The molecule has 126 valence electrons. The monoisotopic (exact) mass is 321 g/mol. The maximum Gasteiger partial charge on any atom is 0.410 e. The summed E-state index contributed by atoms with van der Waals surface area (Å²) >= 11 is 0. The minimum atomic E-state index is -0.773. The molecule has 1 fully saturated rings. The summed E-state index contributed by atoms with van der Waals surface area (Å²) in [7, 11) is 0. The van der Waals surface area contributed by atoms with E-state index in [2.05, 4.69) is 0 Å². The van der Waals surface area contributed by atoms with Gasteiger partial charge >= 0.3 is 12.1 Å². The number of esters is 1. The highest BCUT2D eigenvalue weighted by Gasteiger charge is 2.40. The first-order chi connectivity index (χ1) is 11.1. The number of amides is 1. The number of aliphatic hydroxyl groups is 1. The van der Waals surface area contributed by atoms with Crippen LogP contribution in [0.3, 0.4) is 0 Å². The molecule has 1 saturated heterocycles. The van der Waals surface area contributed by atoms with Crippen molar-refractivity contribution in [1.29, 1.82) is 0 Å². The fraction of sp³-hybridized carbons (Fsp3) is 0.529. The van der Waals surface area contributed by atoms with Crippen LogP contribution in [0.5, 0.6) is 0 Å². The quantitative estimate of drug-likeness (QED) is 0.641. The molecule has 6 nitrogen and oxygen atoms in total. The van der Waals surface area contributed by atoms with Crippen LogP contribution in [-0.4, -0.2) is 47.4 Å².